The van der Waals surface area contributed by atoms with Gasteiger partial charge in [-0.3, -0.25) is 9.10 Å². The van der Waals surface area contributed by atoms with Crippen molar-refractivity contribution in [1.82, 2.24) is 0 Å². The van der Waals surface area contributed by atoms with E-state index in [1.54, 1.807) is 30.3 Å². The Morgan fingerprint density at radius 3 is 2.20 bits per heavy atom. The van der Waals surface area contributed by atoms with Crippen LogP contribution in [0.1, 0.15) is 0 Å². The van der Waals surface area contributed by atoms with Gasteiger partial charge in [-0.1, -0.05) is 70.7 Å². The molecule has 1 N–H and O–H groups in total. The molecule has 0 bridgehead atoms. The molecule has 3 rings (SSSR count). The number of hydrogen-bond donors (Lipinski definition) is 1. The molecule has 0 heterocycles. The smallest absolute Gasteiger partial charge is 0.264 e. The maximum Gasteiger partial charge on any atom is 0.264 e. The third-order valence-electron chi connectivity index (χ3n) is 4.02. The first kappa shape index (κ1) is 22.7. The molecule has 0 aromatic heterocycles. The van der Waals surface area contributed by atoms with Crippen LogP contribution < -0.4 is 9.62 Å². The maximum atomic E-state index is 13.3. The van der Waals surface area contributed by atoms with E-state index in [-0.39, 0.29) is 25.7 Å². The van der Waals surface area contributed by atoms with Gasteiger partial charge in [-0.15, -0.1) is 0 Å². The van der Waals surface area contributed by atoms with Crippen molar-refractivity contribution < 1.29 is 13.2 Å². The predicted octanol–water partition coefficient (Wildman–Crippen LogP) is 6.13. The summed E-state index contributed by atoms with van der Waals surface area (Å²) in [4.78, 5) is 12.7. The fourth-order valence-electron chi connectivity index (χ4n) is 2.61. The monoisotopic (exact) mass is 502 g/mol. The van der Waals surface area contributed by atoms with Crippen LogP contribution >= 0.6 is 46.4 Å². The fourth-order valence-corrected chi connectivity index (χ4v) is 4.81. The molecule has 0 saturated carbocycles. The number of amides is 1. The second kappa shape index (κ2) is 9.45. The number of nitrogens with zero attached hydrogens (tertiary/aromatic N) is 1. The first-order valence-electron chi connectivity index (χ1n) is 8.47. The highest BCUT2D eigenvalue weighted by atomic mass is 35.5. The zero-order valence-electron chi connectivity index (χ0n) is 15.2. The van der Waals surface area contributed by atoms with E-state index in [4.69, 9.17) is 46.4 Å². The van der Waals surface area contributed by atoms with Crippen molar-refractivity contribution in [2.45, 2.75) is 4.90 Å². The molecule has 0 aliphatic carbocycles. The Labute approximate surface area is 194 Å². The third kappa shape index (κ3) is 5.02. The SMILES string of the molecule is O=C(CN(c1cccc(Cl)c1Cl)S(=O)(=O)c1ccccc1)Nc1ccc(Cl)c(Cl)c1. The van der Waals surface area contributed by atoms with Crippen molar-refractivity contribution in [3.63, 3.8) is 0 Å². The highest BCUT2D eigenvalue weighted by Crippen LogP contribution is 2.35. The summed E-state index contributed by atoms with van der Waals surface area (Å²) in [6.45, 7) is -0.544. The zero-order valence-corrected chi connectivity index (χ0v) is 19.0. The summed E-state index contributed by atoms with van der Waals surface area (Å²) in [7, 11) is -4.11. The molecule has 0 aliphatic rings. The first-order valence-corrected chi connectivity index (χ1v) is 11.4. The number of carbonyl (C=O) groups is 1. The number of rotatable bonds is 6. The van der Waals surface area contributed by atoms with Crippen LogP contribution in [-0.2, 0) is 14.8 Å². The number of nitrogens with one attached hydrogen (secondary N) is 1. The lowest BCUT2D eigenvalue weighted by Crippen LogP contribution is -2.38. The molecule has 5 nitrogen and oxygen atoms in total. The van der Waals surface area contributed by atoms with Crippen molar-refractivity contribution in [3.8, 4) is 0 Å². The van der Waals surface area contributed by atoms with Gasteiger partial charge in [0.25, 0.3) is 10.0 Å². The maximum absolute atomic E-state index is 13.3. The van der Waals surface area contributed by atoms with Gasteiger partial charge in [0.05, 0.1) is 30.7 Å². The second-order valence-corrected chi connectivity index (χ2v) is 9.54. The van der Waals surface area contributed by atoms with Crippen LogP contribution in [0.3, 0.4) is 0 Å². The molecule has 0 atom stereocenters. The zero-order chi connectivity index (χ0) is 21.9. The van der Waals surface area contributed by atoms with E-state index in [2.05, 4.69) is 5.32 Å². The lowest BCUT2D eigenvalue weighted by molar-refractivity contribution is -0.114. The molecule has 3 aromatic rings. The predicted molar refractivity (Wildman–Crippen MR) is 123 cm³/mol. The van der Waals surface area contributed by atoms with E-state index in [0.717, 1.165) is 4.31 Å². The minimum absolute atomic E-state index is 0.00313. The minimum atomic E-state index is -4.11. The number of sulfonamides is 1. The minimum Gasteiger partial charge on any atom is -0.324 e. The summed E-state index contributed by atoms with van der Waals surface area (Å²) in [5.41, 5.74) is 0.445. The van der Waals surface area contributed by atoms with E-state index in [1.807, 2.05) is 0 Å². The Bertz CT molecular complexity index is 1190. The van der Waals surface area contributed by atoms with Crippen LogP contribution in [0.5, 0.6) is 0 Å². The van der Waals surface area contributed by atoms with Crippen LogP contribution in [0.25, 0.3) is 0 Å². The van der Waals surface area contributed by atoms with Crippen LogP contribution in [0.4, 0.5) is 11.4 Å². The first-order chi connectivity index (χ1) is 14.2. The van der Waals surface area contributed by atoms with E-state index < -0.39 is 22.5 Å². The molecule has 1 amide bonds. The lowest BCUT2D eigenvalue weighted by Gasteiger charge is -2.25. The van der Waals surface area contributed by atoms with Gasteiger partial charge in [0, 0.05) is 5.69 Å². The summed E-state index contributed by atoms with van der Waals surface area (Å²) >= 11 is 24.2. The molecule has 0 aliphatic heterocycles. The number of halogens is 4. The van der Waals surface area contributed by atoms with Crippen LogP contribution in [0, 0.1) is 0 Å². The Kier molecular flexibility index (Phi) is 7.16. The number of anilines is 2. The lowest BCUT2D eigenvalue weighted by atomic mass is 10.3. The Morgan fingerprint density at radius 2 is 1.53 bits per heavy atom. The standard InChI is InChI=1S/C20H14Cl4N2O3S/c21-15-10-9-13(11-17(15)23)25-19(27)12-26(18-8-4-7-16(22)20(18)24)30(28,29)14-5-2-1-3-6-14/h1-11H,12H2,(H,25,27). The van der Waals surface area contributed by atoms with Gasteiger partial charge in [0.15, 0.2) is 0 Å². The van der Waals surface area contributed by atoms with Gasteiger partial charge < -0.3 is 5.32 Å². The average Bonchev–Trinajstić information content (AvgIpc) is 2.72. The molecule has 10 heteroatoms. The molecule has 30 heavy (non-hydrogen) atoms. The summed E-state index contributed by atoms with van der Waals surface area (Å²) in [6.07, 6.45) is 0. The van der Waals surface area contributed by atoms with Gasteiger partial charge in [0.1, 0.15) is 6.54 Å². The molecular weight excluding hydrogens is 490 g/mol. The van der Waals surface area contributed by atoms with Crippen molar-refractivity contribution in [3.05, 3.63) is 86.8 Å². The van der Waals surface area contributed by atoms with Crippen molar-refractivity contribution in [2.75, 3.05) is 16.2 Å². The Balaban J connectivity index is 1.98. The van der Waals surface area contributed by atoms with Gasteiger partial charge >= 0.3 is 0 Å². The molecule has 0 unspecified atom stereocenters. The van der Waals surface area contributed by atoms with Crippen molar-refractivity contribution >= 4 is 73.7 Å². The van der Waals surface area contributed by atoms with E-state index >= 15 is 0 Å². The Morgan fingerprint density at radius 1 is 0.833 bits per heavy atom. The summed E-state index contributed by atoms with van der Waals surface area (Å²) < 4.78 is 27.5. The van der Waals surface area contributed by atoms with Crippen molar-refractivity contribution in [2.24, 2.45) is 0 Å². The second-order valence-electron chi connectivity index (χ2n) is 6.07. The molecule has 3 aromatic carbocycles. The summed E-state index contributed by atoms with van der Waals surface area (Å²) in [6, 6.07) is 16.8. The van der Waals surface area contributed by atoms with Gasteiger partial charge in [-0.25, -0.2) is 8.42 Å². The number of hydrogen-bond acceptors (Lipinski definition) is 3. The molecule has 0 spiro atoms. The van der Waals surface area contributed by atoms with Crippen LogP contribution in [0.15, 0.2) is 71.6 Å². The third-order valence-corrected chi connectivity index (χ3v) is 7.34. The van der Waals surface area contributed by atoms with Gasteiger partial charge in [-0.05, 0) is 42.5 Å². The quantitative estimate of drug-likeness (QED) is 0.439. The van der Waals surface area contributed by atoms with Crippen LogP contribution in [0.2, 0.25) is 20.1 Å². The summed E-state index contributed by atoms with van der Waals surface area (Å²) in [5.74, 6) is -0.607. The molecule has 156 valence electrons. The topological polar surface area (TPSA) is 66.5 Å². The van der Waals surface area contributed by atoms with E-state index in [1.165, 1.54) is 36.4 Å². The van der Waals surface area contributed by atoms with Crippen LogP contribution in [-0.4, -0.2) is 20.9 Å². The largest absolute Gasteiger partial charge is 0.324 e. The van der Waals surface area contributed by atoms with E-state index in [9.17, 15) is 13.2 Å². The number of benzene rings is 3. The average molecular weight is 504 g/mol. The molecule has 0 radical (unpaired) electrons. The van der Waals surface area contributed by atoms with Gasteiger partial charge in [0.2, 0.25) is 5.91 Å². The highest BCUT2D eigenvalue weighted by Gasteiger charge is 2.29. The fraction of sp³-hybridized carbons (Fsp3) is 0.0500. The molecular formula is C20H14Cl4N2O3S. The Hall–Kier alpha value is -1.96. The molecule has 0 fully saturated rings. The summed E-state index contributed by atoms with van der Waals surface area (Å²) in [5, 5.41) is 3.36. The normalized spacial score (nSPS) is 11.2. The molecule has 0 saturated heterocycles. The van der Waals surface area contributed by atoms with Gasteiger partial charge in [-0.2, -0.15) is 0 Å². The van der Waals surface area contributed by atoms with E-state index in [0.29, 0.717) is 10.7 Å². The number of carbonyl (C=O) groups excluding carboxylic acids is 1. The van der Waals surface area contributed by atoms with Crippen molar-refractivity contribution in [1.29, 1.82) is 0 Å². The highest BCUT2D eigenvalue weighted by molar-refractivity contribution is 7.92.